The van der Waals surface area contributed by atoms with Crippen molar-refractivity contribution in [2.75, 3.05) is 18.1 Å². The Morgan fingerprint density at radius 1 is 1.10 bits per heavy atom. The Kier molecular flexibility index (Phi) is 6.62. The molecule has 10 nitrogen and oxygen atoms in total. The number of nitrogens with one attached hydrogen (secondary N) is 1. The molecular weight excluding hydrogens is 530 g/mol. The number of fused-ring (bicyclic) bond motifs is 2. The lowest BCUT2D eigenvalue weighted by molar-refractivity contribution is 0.0247. The number of rotatable bonds is 5. The van der Waals surface area contributed by atoms with E-state index in [4.69, 9.17) is 30.8 Å². The van der Waals surface area contributed by atoms with Gasteiger partial charge in [-0.3, -0.25) is 14.5 Å². The first-order valence-electron chi connectivity index (χ1n) is 14.4. The van der Waals surface area contributed by atoms with Crippen LogP contribution in [0, 0.1) is 18.8 Å². The van der Waals surface area contributed by atoms with Gasteiger partial charge in [0.2, 0.25) is 11.8 Å². The van der Waals surface area contributed by atoms with Crippen LogP contribution in [0.4, 0.5) is 5.95 Å². The molecule has 0 radical (unpaired) electrons. The summed E-state index contributed by atoms with van der Waals surface area (Å²) in [5.41, 5.74) is 4.67. The van der Waals surface area contributed by atoms with Gasteiger partial charge in [0.25, 0.3) is 0 Å². The third-order valence-electron chi connectivity index (χ3n) is 9.06. The van der Waals surface area contributed by atoms with Gasteiger partial charge in [-0.15, -0.1) is 0 Å². The molecule has 3 aliphatic rings. The van der Waals surface area contributed by atoms with Gasteiger partial charge in [0, 0.05) is 36.6 Å². The summed E-state index contributed by atoms with van der Waals surface area (Å²) in [7, 11) is 0. The highest BCUT2D eigenvalue weighted by Crippen LogP contribution is 2.41. The second kappa shape index (κ2) is 10.3. The normalized spacial score (nSPS) is 25.0. The van der Waals surface area contributed by atoms with Gasteiger partial charge in [-0.1, -0.05) is 36.5 Å². The van der Waals surface area contributed by atoms with Crippen LogP contribution in [0.5, 0.6) is 0 Å². The molecule has 4 aromatic heterocycles. The highest BCUT2D eigenvalue weighted by Gasteiger charge is 2.39. The summed E-state index contributed by atoms with van der Waals surface area (Å²) in [5, 5.41) is 4.49. The fraction of sp³-hybridized carbons (Fsp3) is 0.552. The van der Waals surface area contributed by atoms with Crippen molar-refractivity contribution in [2.24, 2.45) is 11.8 Å². The minimum atomic E-state index is -0.624. The predicted octanol–water partition coefficient (Wildman–Crippen LogP) is 5.38. The number of H-pyrrole nitrogens is 1. The maximum atomic E-state index is 11.9. The monoisotopic (exact) mass is 563 g/mol. The first kappa shape index (κ1) is 25.7. The number of aromatic nitrogens is 6. The van der Waals surface area contributed by atoms with Crippen molar-refractivity contribution < 1.29 is 9.26 Å². The Bertz CT molecular complexity index is 1600. The summed E-state index contributed by atoms with van der Waals surface area (Å²) < 4.78 is 13.4. The van der Waals surface area contributed by atoms with Crippen molar-refractivity contribution in [2.45, 2.75) is 77.5 Å². The van der Waals surface area contributed by atoms with Crippen LogP contribution in [0.1, 0.15) is 57.4 Å². The Balaban J connectivity index is 1.48. The lowest BCUT2D eigenvalue weighted by atomic mass is 9.83. The van der Waals surface area contributed by atoms with Crippen LogP contribution >= 0.6 is 11.6 Å². The number of ether oxygens (including phenoxy) is 1. The highest BCUT2D eigenvalue weighted by atomic mass is 35.5. The van der Waals surface area contributed by atoms with Gasteiger partial charge in [-0.2, -0.15) is 0 Å². The number of imidazole rings is 1. The molecule has 0 aromatic carbocycles. The Hall–Kier alpha value is -3.24. The molecule has 0 bridgehead atoms. The van der Waals surface area contributed by atoms with Crippen LogP contribution in [0.2, 0.25) is 5.02 Å². The fourth-order valence-corrected chi connectivity index (χ4v) is 7.12. The molecule has 5 heterocycles. The standard InChI is InChI=1S/C29H34ClN7O3/c1-16-6-8-18(9-7-16)15-37-26-23(33-28(37)36-10-11-39-22-5-3-4-21(22)36)17(2)24(27-34-29(38)40-35-27)32-25(26)19-12-20(30)14-31-13-19/h12-14,16,18,21-22H,3-11,15H2,1-2H3,(H,34,35,38)/t16?,18?,21-,22-/m0/s1. The zero-order chi connectivity index (χ0) is 27.4. The molecule has 0 spiro atoms. The molecule has 7 rings (SSSR count). The Morgan fingerprint density at radius 3 is 2.73 bits per heavy atom. The number of nitrogens with zero attached hydrogens (tertiary/aromatic N) is 6. The van der Waals surface area contributed by atoms with E-state index in [2.05, 4.69) is 31.5 Å². The van der Waals surface area contributed by atoms with Crippen molar-refractivity contribution in [1.82, 2.24) is 29.7 Å². The van der Waals surface area contributed by atoms with E-state index in [1.807, 2.05) is 13.0 Å². The van der Waals surface area contributed by atoms with Gasteiger partial charge in [0.05, 0.1) is 40.5 Å². The largest absolute Gasteiger partial charge is 0.439 e. The molecule has 0 unspecified atom stereocenters. The second-order valence-corrected chi connectivity index (χ2v) is 12.2. The first-order valence-corrected chi connectivity index (χ1v) is 14.8. The highest BCUT2D eigenvalue weighted by molar-refractivity contribution is 6.30. The van der Waals surface area contributed by atoms with E-state index in [1.54, 1.807) is 12.4 Å². The van der Waals surface area contributed by atoms with Gasteiger partial charge in [0.15, 0.2) is 0 Å². The molecule has 3 fully saturated rings. The molecule has 1 saturated heterocycles. The molecule has 1 N–H and O–H groups in total. The van der Waals surface area contributed by atoms with Crippen molar-refractivity contribution >= 4 is 28.6 Å². The Morgan fingerprint density at radius 2 is 1.95 bits per heavy atom. The van der Waals surface area contributed by atoms with Crippen LogP contribution in [-0.2, 0) is 11.3 Å². The van der Waals surface area contributed by atoms with E-state index in [-0.39, 0.29) is 11.9 Å². The van der Waals surface area contributed by atoms with Crippen molar-refractivity contribution in [1.29, 1.82) is 0 Å². The summed E-state index contributed by atoms with van der Waals surface area (Å²) >= 11 is 6.42. The first-order chi connectivity index (χ1) is 19.5. The maximum Gasteiger partial charge on any atom is 0.439 e. The van der Waals surface area contributed by atoms with E-state index >= 15 is 0 Å². The number of halogens is 1. The van der Waals surface area contributed by atoms with Gasteiger partial charge in [-0.25, -0.2) is 14.8 Å². The summed E-state index contributed by atoms with van der Waals surface area (Å²) in [6.07, 6.45) is 11.9. The van der Waals surface area contributed by atoms with Crippen LogP contribution in [0.25, 0.3) is 33.8 Å². The van der Waals surface area contributed by atoms with Crippen LogP contribution < -0.4 is 10.7 Å². The molecule has 210 valence electrons. The molecule has 11 heteroatoms. The number of aromatic amines is 1. The van der Waals surface area contributed by atoms with E-state index < -0.39 is 5.76 Å². The summed E-state index contributed by atoms with van der Waals surface area (Å²) in [6, 6.07) is 2.19. The van der Waals surface area contributed by atoms with E-state index in [0.29, 0.717) is 35.0 Å². The smallest absolute Gasteiger partial charge is 0.374 e. The number of morpholine rings is 1. The molecule has 2 aliphatic carbocycles. The molecule has 2 saturated carbocycles. The lowest BCUT2D eigenvalue weighted by Crippen LogP contribution is -2.49. The molecule has 4 aromatic rings. The topological polar surface area (TPSA) is 115 Å². The number of hydrogen-bond donors (Lipinski definition) is 1. The predicted molar refractivity (Wildman–Crippen MR) is 152 cm³/mol. The number of hydrogen-bond acceptors (Lipinski definition) is 8. The van der Waals surface area contributed by atoms with E-state index in [1.165, 1.54) is 25.7 Å². The second-order valence-electron chi connectivity index (χ2n) is 11.7. The van der Waals surface area contributed by atoms with Crippen LogP contribution in [0.3, 0.4) is 0 Å². The maximum absolute atomic E-state index is 11.9. The third kappa shape index (κ3) is 4.51. The summed E-state index contributed by atoms with van der Waals surface area (Å²) in [5.74, 6) is 1.96. The zero-order valence-electron chi connectivity index (χ0n) is 22.9. The minimum absolute atomic E-state index is 0.240. The minimum Gasteiger partial charge on any atom is -0.374 e. The van der Waals surface area contributed by atoms with Crippen LogP contribution in [-0.4, -0.2) is 55.0 Å². The summed E-state index contributed by atoms with van der Waals surface area (Å²) in [4.78, 5) is 31.9. The molecule has 40 heavy (non-hydrogen) atoms. The van der Waals surface area contributed by atoms with Crippen molar-refractivity contribution in [3.8, 4) is 22.8 Å². The summed E-state index contributed by atoms with van der Waals surface area (Å²) in [6.45, 7) is 6.71. The molecule has 0 amide bonds. The van der Waals surface area contributed by atoms with E-state index in [0.717, 1.165) is 66.4 Å². The average Bonchev–Trinajstić information content (AvgIpc) is 3.69. The van der Waals surface area contributed by atoms with Gasteiger partial charge >= 0.3 is 5.76 Å². The van der Waals surface area contributed by atoms with Gasteiger partial charge in [-0.05, 0) is 56.9 Å². The van der Waals surface area contributed by atoms with Crippen molar-refractivity contribution in [3.05, 3.63) is 39.6 Å². The van der Waals surface area contributed by atoms with E-state index in [9.17, 15) is 4.79 Å². The van der Waals surface area contributed by atoms with Gasteiger partial charge < -0.3 is 14.2 Å². The lowest BCUT2D eigenvalue weighted by Gasteiger charge is -2.39. The molecular formula is C29H34ClN7O3. The third-order valence-corrected chi connectivity index (χ3v) is 9.27. The SMILES string of the molecule is Cc1c(-c2noc(=O)[nH]2)nc(-c2cncc(Cl)c2)c2c1nc(N1CCO[C@H]3CCC[C@@H]31)n2CC1CCC(C)CC1. The molecule has 1 aliphatic heterocycles. The zero-order valence-corrected chi connectivity index (χ0v) is 23.7. The number of anilines is 1. The van der Waals surface area contributed by atoms with Crippen LogP contribution in [0.15, 0.2) is 27.8 Å². The molecule has 2 atom stereocenters. The average molecular weight is 564 g/mol. The number of aryl methyl sites for hydroxylation is 1. The number of pyridine rings is 2. The quantitative estimate of drug-likeness (QED) is 0.344. The van der Waals surface area contributed by atoms with Crippen molar-refractivity contribution in [3.63, 3.8) is 0 Å². The fourth-order valence-electron chi connectivity index (χ4n) is 6.94. The Labute approximate surface area is 237 Å². The van der Waals surface area contributed by atoms with Gasteiger partial charge in [0.1, 0.15) is 5.69 Å².